The second kappa shape index (κ2) is 16.6. The van der Waals surface area contributed by atoms with Crippen LogP contribution in [-0.4, -0.2) is 5.54 Å². The smallest absolute Gasteiger partial charge is 0.106 e. The average Bonchev–Trinajstić information content (AvgIpc) is 3.59. The van der Waals surface area contributed by atoms with Gasteiger partial charge in [0.25, 0.3) is 0 Å². The Balaban J connectivity index is 0.987. The molecule has 0 spiro atoms. The lowest BCUT2D eigenvalue weighted by Gasteiger charge is -2.41. The normalized spacial score (nSPS) is 15.5. The summed E-state index contributed by atoms with van der Waals surface area (Å²) in [7, 11) is 0. The van der Waals surface area contributed by atoms with Crippen molar-refractivity contribution in [3.63, 3.8) is 0 Å². The first kappa shape index (κ1) is 43.4. The third-order valence-corrected chi connectivity index (χ3v) is 16.2. The van der Waals surface area contributed by atoms with Gasteiger partial charge in [0.2, 0.25) is 0 Å². The van der Waals surface area contributed by atoms with Gasteiger partial charge in [0.05, 0.1) is 6.07 Å². The molecule has 11 rings (SSSR count). The minimum Gasteiger partial charge on any atom is -0.336 e. The molecule has 1 atom stereocenters. The Morgan fingerprint density at radius 3 is 1.41 bits per heavy atom. The first-order chi connectivity index (χ1) is 32.9. The number of nitrogens with zero attached hydrogens (tertiary/aromatic N) is 3. The van der Waals surface area contributed by atoms with E-state index in [4.69, 9.17) is 0 Å². The Bertz CT molecular complexity index is 3290. The van der Waals surface area contributed by atoms with E-state index in [2.05, 4.69) is 234 Å². The molecule has 3 heteroatoms. The summed E-state index contributed by atoms with van der Waals surface area (Å²) in [5.41, 5.74) is 23.3. The van der Waals surface area contributed by atoms with Crippen LogP contribution in [0.5, 0.6) is 0 Å². The molecule has 0 fully saturated rings. The fourth-order valence-corrected chi connectivity index (χ4v) is 10.9. The molecule has 0 heterocycles. The number of anilines is 5. The minimum atomic E-state index is -0.881. The molecule has 0 aliphatic heterocycles. The third kappa shape index (κ3) is 7.34. The number of fused-ring (bicyclic) bond motifs is 5. The summed E-state index contributed by atoms with van der Waals surface area (Å²) in [6.07, 6.45) is 6.70. The number of hydrogen-bond donors (Lipinski definition) is 0. The van der Waals surface area contributed by atoms with Crippen LogP contribution in [0.15, 0.2) is 170 Å². The molecule has 0 amide bonds. The van der Waals surface area contributed by atoms with Crippen molar-refractivity contribution in [2.24, 2.45) is 0 Å². The molecular weight excluding hydrogens is 823 g/mol. The molecule has 336 valence electrons. The topological polar surface area (TPSA) is 30.3 Å². The van der Waals surface area contributed by atoms with Gasteiger partial charge in [0.1, 0.15) is 5.41 Å². The molecule has 0 bridgehead atoms. The molecule has 3 nitrogen and oxygen atoms in total. The second-order valence-electron chi connectivity index (χ2n) is 21.0. The standard InChI is InChI=1S/C65H61N3/c1-8-63(3,4)53-28-24-43(25-29-53)44-26-30-54(31-27-44)67(55-14-10-12-47(38-55)51-22-18-45-16-20-49(45)36-51)56-32-34-59-60-35-33-58(41-62(60)65(7,42-66)61(59)40-56)68(64(5,6)9-2)57-15-11-13-48(39-57)52-23-19-46-17-21-50(46)37-52/h10-15,18-19,22-41H,8-9,16-17,20-21H2,1-7H3. The molecule has 8 aromatic rings. The van der Waals surface area contributed by atoms with E-state index in [1.165, 1.54) is 74.0 Å². The highest BCUT2D eigenvalue weighted by Crippen LogP contribution is 2.53. The summed E-state index contributed by atoms with van der Waals surface area (Å²) in [4.78, 5) is 4.85. The molecular formula is C65H61N3. The average molecular weight is 884 g/mol. The zero-order valence-electron chi connectivity index (χ0n) is 40.8. The Morgan fingerprint density at radius 1 is 0.456 bits per heavy atom. The van der Waals surface area contributed by atoms with Crippen LogP contribution >= 0.6 is 0 Å². The maximum absolute atomic E-state index is 11.4. The van der Waals surface area contributed by atoms with Crippen molar-refractivity contribution in [3.8, 4) is 50.6 Å². The Hall–Kier alpha value is -7.15. The Labute approximate surface area is 404 Å². The van der Waals surface area contributed by atoms with Gasteiger partial charge in [-0.15, -0.1) is 0 Å². The van der Waals surface area contributed by atoms with E-state index < -0.39 is 5.41 Å². The van der Waals surface area contributed by atoms with Crippen LogP contribution < -0.4 is 9.80 Å². The van der Waals surface area contributed by atoms with E-state index in [0.717, 1.165) is 76.4 Å². The van der Waals surface area contributed by atoms with E-state index in [1.54, 1.807) is 0 Å². The molecule has 68 heavy (non-hydrogen) atoms. The third-order valence-electron chi connectivity index (χ3n) is 16.2. The highest BCUT2D eigenvalue weighted by atomic mass is 15.2. The van der Waals surface area contributed by atoms with Crippen LogP contribution in [0, 0.1) is 11.3 Å². The molecule has 0 saturated heterocycles. The van der Waals surface area contributed by atoms with Crippen molar-refractivity contribution < 1.29 is 0 Å². The van der Waals surface area contributed by atoms with Gasteiger partial charge in [0, 0.05) is 34.0 Å². The van der Waals surface area contributed by atoms with Crippen LogP contribution in [0.4, 0.5) is 28.4 Å². The lowest BCUT2D eigenvalue weighted by molar-refractivity contribution is 0.488. The molecule has 0 aromatic heterocycles. The van der Waals surface area contributed by atoms with E-state index >= 15 is 0 Å². The summed E-state index contributed by atoms with van der Waals surface area (Å²) >= 11 is 0. The highest BCUT2D eigenvalue weighted by molar-refractivity contribution is 5.89. The number of benzene rings is 8. The second-order valence-corrected chi connectivity index (χ2v) is 21.0. The monoisotopic (exact) mass is 883 g/mol. The first-order valence-corrected chi connectivity index (χ1v) is 24.8. The van der Waals surface area contributed by atoms with Gasteiger partial charge in [-0.2, -0.15) is 5.26 Å². The van der Waals surface area contributed by atoms with Gasteiger partial charge in [-0.1, -0.05) is 137 Å². The summed E-state index contributed by atoms with van der Waals surface area (Å²) < 4.78 is 0. The molecule has 0 N–H and O–H groups in total. The Kier molecular flexibility index (Phi) is 10.6. The summed E-state index contributed by atoms with van der Waals surface area (Å²) in [6.45, 7) is 15.9. The van der Waals surface area contributed by atoms with Gasteiger partial charge in [0.15, 0.2) is 0 Å². The molecule has 3 aliphatic carbocycles. The van der Waals surface area contributed by atoms with Gasteiger partial charge in [-0.3, -0.25) is 0 Å². The number of aryl methyl sites for hydroxylation is 4. The molecule has 1 unspecified atom stereocenters. The zero-order chi connectivity index (χ0) is 47.0. The van der Waals surface area contributed by atoms with Crippen molar-refractivity contribution in [1.82, 2.24) is 0 Å². The van der Waals surface area contributed by atoms with Crippen molar-refractivity contribution >= 4 is 28.4 Å². The summed E-state index contributed by atoms with van der Waals surface area (Å²) in [5, 5.41) is 11.4. The van der Waals surface area contributed by atoms with E-state index in [0.29, 0.717) is 0 Å². The fourth-order valence-electron chi connectivity index (χ4n) is 10.9. The predicted octanol–water partition coefficient (Wildman–Crippen LogP) is 17.2. The number of nitriles is 1. The van der Waals surface area contributed by atoms with Crippen molar-refractivity contribution in [3.05, 3.63) is 209 Å². The van der Waals surface area contributed by atoms with Gasteiger partial charge < -0.3 is 9.80 Å². The molecule has 0 saturated carbocycles. The molecule has 8 aromatic carbocycles. The van der Waals surface area contributed by atoms with Crippen LogP contribution in [0.2, 0.25) is 0 Å². The lowest BCUT2D eigenvalue weighted by Crippen LogP contribution is -2.40. The van der Waals surface area contributed by atoms with Gasteiger partial charge in [-0.25, -0.2) is 0 Å². The quantitative estimate of drug-likeness (QED) is 0.122. The minimum absolute atomic E-state index is 0.140. The van der Waals surface area contributed by atoms with Gasteiger partial charge >= 0.3 is 0 Å². The predicted molar refractivity (Wildman–Crippen MR) is 286 cm³/mol. The lowest BCUT2D eigenvalue weighted by atomic mass is 9.81. The summed E-state index contributed by atoms with van der Waals surface area (Å²) in [6, 6.07) is 66.4. The fraction of sp³-hybridized carbons (Fsp3) is 0.246. The highest BCUT2D eigenvalue weighted by Gasteiger charge is 2.41. The Morgan fingerprint density at radius 2 is 0.897 bits per heavy atom. The summed E-state index contributed by atoms with van der Waals surface area (Å²) in [5.74, 6) is 0. The van der Waals surface area contributed by atoms with Gasteiger partial charge in [-0.05, 0) is 209 Å². The van der Waals surface area contributed by atoms with Crippen molar-refractivity contribution in [2.45, 2.75) is 103 Å². The number of hydrogen-bond acceptors (Lipinski definition) is 3. The van der Waals surface area contributed by atoms with Crippen LogP contribution in [0.3, 0.4) is 0 Å². The first-order valence-electron chi connectivity index (χ1n) is 24.8. The van der Waals surface area contributed by atoms with E-state index in [-0.39, 0.29) is 11.0 Å². The van der Waals surface area contributed by atoms with E-state index in [1.807, 2.05) is 0 Å². The molecule has 3 aliphatic rings. The van der Waals surface area contributed by atoms with Crippen LogP contribution in [0.1, 0.15) is 100 Å². The molecule has 0 radical (unpaired) electrons. The van der Waals surface area contributed by atoms with Crippen molar-refractivity contribution in [2.75, 3.05) is 9.80 Å². The SMILES string of the molecule is CCC(C)(C)c1ccc(-c2ccc(N(c3cccc(-c4ccc5c(c4)CC5)c3)c3ccc4c(c3)C(C)(C#N)c3cc(N(c5cccc(-c6ccc7c(c6)CC7)c5)C(C)(C)CC)ccc3-4)cc2)cc1. The van der Waals surface area contributed by atoms with Crippen LogP contribution in [-0.2, 0) is 36.5 Å². The number of rotatable bonds is 12. The van der Waals surface area contributed by atoms with Crippen molar-refractivity contribution in [1.29, 1.82) is 5.26 Å². The maximum Gasteiger partial charge on any atom is 0.106 e. The maximum atomic E-state index is 11.4. The van der Waals surface area contributed by atoms with Crippen LogP contribution in [0.25, 0.3) is 44.5 Å². The largest absolute Gasteiger partial charge is 0.336 e. The zero-order valence-corrected chi connectivity index (χ0v) is 40.8. The van der Waals surface area contributed by atoms with E-state index in [9.17, 15) is 5.26 Å².